The normalized spacial score (nSPS) is 15.2. The number of ether oxygens (including phenoxy) is 1. The average Bonchev–Trinajstić information content (AvgIpc) is 3.20. The highest BCUT2D eigenvalue weighted by atomic mass is 16.5. The Labute approximate surface area is 180 Å². The molecule has 1 aliphatic heterocycles. The minimum absolute atomic E-state index is 0.0802. The molecule has 0 bridgehead atoms. The van der Waals surface area contributed by atoms with Gasteiger partial charge in [-0.15, -0.1) is 0 Å². The second-order valence-corrected chi connectivity index (χ2v) is 7.14. The Bertz CT molecular complexity index is 1170. The van der Waals surface area contributed by atoms with E-state index >= 15 is 0 Å². The number of amides is 2. The van der Waals surface area contributed by atoms with E-state index in [-0.39, 0.29) is 18.2 Å². The van der Waals surface area contributed by atoms with E-state index in [1.807, 2.05) is 54.6 Å². The lowest BCUT2D eigenvalue weighted by Crippen LogP contribution is -2.28. The van der Waals surface area contributed by atoms with Crippen molar-refractivity contribution in [1.82, 2.24) is 4.98 Å². The lowest BCUT2D eigenvalue weighted by Gasteiger charge is -2.17. The predicted molar refractivity (Wildman–Crippen MR) is 119 cm³/mol. The summed E-state index contributed by atoms with van der Waals surface area (Å²) in [6, 6.07) is 20.1. The Morgan fingerprint density at radius 3 is 2.77 bits per heavy atom. The van der Waals surface area contributed by atoms with Crippen molar-refractivity contribution in [2.45, 2.75) is 6.42 Å². The molecule has 1 N–H and O–H groups in total. The van der Waals surface area contributed by atoms with Gasteiger partial charge >= 0.3 is 0 Å². The molecule has 154 valence electrons. The number of hydrogen-bond donors (Lipinski definition) is 1. The predicted octanol–water partition coefficient (Wildman–Crippen LogP) is 3.48. The molecular weight excluding hydrogens is 390 g/mol. The van der Waals surface area contributed by atoms with E-state index in [1.165, 1.54) is 0 Å². The Hall–Kier alpha value is -4.11. The second kappa shape index (κ2) is 9.14. The standard InChI is InChI=1S/C25H21N3O3/c1-31-23-10-5-9-22(16-23)28-17-19(15-24(28)29)25(30)27-21-8-4-6-18(14-21)11-12-20-7-2-3-13-26-20/h2-10,13-14,16,19H,15,17H2,1H3,(H,27,30). The molecule has 0 spiro atoms. The number of benzene rings is 2. The number of rotatable bonds is 4. The molecule has 0 aliphatic carbocycles. The van der Waals surface area contributed by atoms with Gasteiger partial charge in [0.15, 0.2) is 0 Å². The van der Waals surface area contributed by atoms with Gasteiger partial charge in [0.05, 0.1) is 13.0 Å². The van der Waals surface area contributed by atoms with Crippen LogP contribution in [0, 0.1) is 17.8 Å². The second-order valence-electron chi connectivity index (χ2n) is 7.14. The maximum atomic E-state index is 12.8. The monoisotopic (exact) mass is 411 g/mol. The third kappa shape index (κ3) is 4.90. The van der Waals surface area contributed by atoms with Gasteiger partial charge in [-0.3, -0.25) is 9.59 Å². The summed E-state index contributed by atoms with van der Waals surface area (Å²) < 4.78 is 5.23. The first-order valence-corrected chi connectivity index (χ1v) is 9.91. The lowest BCUT2D eigenvalue weighted by atomic mass is 10.1. The zero-order valence-electron chi connectivity index (χ0n) is 17.0. The number of hydrogen-bond acceptors (Lipinski definition) is 4. The SMILES string of the molecule is COc1cccc(N2CC(C(=O)Nc3cccc(C#Cc4ccccn4)c3)CC2=O)c1. The van der Waals surface area contributed by atoms with Crippen LogP contribution in [0.4, 0.5) is 11.4 Å². The molecule has 2 amide bonds. The highest BCUT2D eigenvalue weighted by Crippen LogP contribution is 2.28. The third-order valence-corrected chi connectivity index (χ3v) is 4.99. The molecule has 2 aromatic carbocycles. The van der Waals surface area contributed by atoms with E-state index in [0.717, 1.165) is 11.3 Å². The van der Waals surface area contributed by atoms with E-state index in [4.69, 9.17) is 4.74 Å². The first kappa shape index (κ1) is 20.2. The summed E-state index contributed by atoms with van der Waals surface area (Å²) in [5.41, 5.74) is 2.82. The van der Waals surface area contributed by atoms with Crippen LogP contribution in [-0.2, 0) is 9.59 Å². The topological polar surface area (TPSA) is 71.5 Å². The molecule has 0 saturated carbocycles. The van der Waals surface area contributed by atoms with Gasteiger partial charge in [0, 0.05) is 42.2 Å². The number of nitrogens with zero attached hydrogens (tertiary/aromatic N) is 2. The molecule has 4 rings (SSSR count). The van der Waals surface area contributed by atoms with Gasteiger partial charge in [0.1, 0.15) is 11.4 Å². The molecule has 1 saturated heterocycles. The summed E-state index contributed by atoms with van der Waals surface area (Å²) in [5.74, 6) is 6.03. The molecule has 6 heteroatoms. The van der Waals surface area contributed by atoms with Gasteiger partial charge in [0.2, 0.25) is 11.8 Å². The molecule has 6 nitrogen and oxygen atoms in total. The summed E-state index contributed by atoms with van der Waals surface area (Å²) in [7, 11) is 1.58. The van der Waals surface area contributed by atoms with Crippen LogP contribution < -0.4 is 15.0 Å². The Balaban J connectivity index is 1.43. The molecular formula is C25H21N3O3. The summed E-state index contributed by atoms with van der Waals surface area (Å²) in [6.07, 6.45) is 1.86. The number of aromatic nitrogens is 1. The van der Waals surface area contributed by atoms with Gasteiger partial charge < -0.3 is 15.0 Å². The smallest absolute Gasteiger partial charge is 0.229 e. The van der Waals surface area contributed by atoms with E-state index in [0.29, 0.717) is 23.7 Å². The van der Waals surface area contributed by atoms with Crippen molar-refractivity contribution < 1.29 is 14.3 Å². The number of pyridine rings is 1. The Morgan fingerprint density at radius 2 is 1.97 bits per heavy atom. The average molecular weight is 411 g/mol. The molecule has 1 unspecified atom stereocenters. The van der Waals surface area contributed by atoms with Crippen LogP contribution in [0.1, 0.15) is 17.7 Å². The molecule has 1 aromatic heterocycles. The van der Waals surface area contributed by atoms with Crippen molar-refractivity contribution in [2.75, 3.05) is 23.9 Å². The fourth-order valence-electron chi connectivity index (χ4n) is 3.40. The third-order valence-electron chi connectivity index (χ3n) is 4.99. The summed E-state index contributed by atoms with van der Waals surface area (Å²) in [4.78, 5) is 31.1. The highest BCUT2D eigenvalue weighted by Gasteiger charge is 2.35. The largest absolute Gasteiger partial charge is 0.497 e. The summed E-state index contributed by atoms with van der Waals surface area (Å²) >= 11 is 0. The molecule has 1 fully saturated rings. The van der Waals surface area contributed by atoms with E-state index in [1.54, 1.807) is 30.3 Å². The highest BCUT2D eigenvalue weighted by molar-refractivity contribution is 6.03. The van der Waals surface area contributed by atoms with Crippen LogP contribution in [0.3, 0.4) is 0 Å². The quantitative estimate of drug-likeness (QED) is 0.668. The van der Waals surface area contributed by atoms with Gasteiger partial charge in [-0.1, -0.05) is 24.1 Å². The van der Waals surface area contributed by atoms with E-state index < -0.39 is 5.92 Å². The van der Waals surface area contributed by atoms with Crippen LogP contribution in [0.15, 0.2) is 72.9 Å². The lowest BCUT2D eigenvalue weighted by molar-refractivity contribution is -0.122. The Morgan fingerprint density at radius 1 is 1.10 bits per heavy atom. The zero-order chi connectivity index (χ0) is 21.6. The molecule has 2 heterocycles. The molecule has 0 radical (unpaired) electrons. The number of methoxy groups -OCH3 is 1. The van der Waals surface area contributed by atoms with Crippen LogP contribution >= 0.6 is 0 Å². The van der Waals surface area contributed by atoms with Gasteiger partial charge in [-0.25, -0.2) is 4.98 Å². The summed E-state index contributed by atoms with van der Waals surface area (Å²) in [6.45, 7) is 0.330. The molecule has 1 aliphatic rings. The van der Waals surface area contributed by atoms with Crippen LogP contribution in [0.5, 0.6) is 5.75 Å². The number of carbonyl (C=O) groups excluding carboxylic acids is 2. The number of carbonyl (C=O) groups is 2. The van der Waals surface area contributed by atoms with Crippen LogP contribution in [0.2, 0.25) is 0 Å². The van der Waals surface area contributed by atoms with Crippen LogP contribution in [0.25, 0.3) is 0 Å². The fraction of sp³-hybridized carbons (Fsp3) is 0.160. The number of anilines is 2. The maximum Gasteiger partial charge on any atom is 0.229 e. The minimum atomic E-state index is -0.429. The molecule has 31 heavy (non-hydrogen) atoms. The first-order valence-electron chi connectivity index (χ1n) is 9.91. The van der Waals surface area contributed by atoms with E-state index in [2.05, 4.69) is 22.1 Å². The van der Waals surface area contributed by atoms with Gasteiger partial charge in [-0.2, -0.15) is 0 Å². The van der Waals surface area contributed by atoms with Crippen molar-refractivity contribution in [2.24, 2.45) is 5.92 Å². The van der Waals surface area contributed by atoms with Crippen molar-refractivity contribution in [3.63, 3.8) is 0 Å². The Kier molecular flexibility index (Phi) is 5.95. The molecule has 1 atom stereocenters. The van der Waals surface area contributed by atoms with Gasteiger partial charge in [0.25, 0.3) is 0 Å². The maximum absolute atomic E-state index is 12.8. The zero-order valence-corrected chi connectivity index (χ0v) is 17.0. The van der Waals surface area contributed by atoms with Gasteiger partial charge in [-0.05, 0) is 48.4 Å². The fourth-order valence-corrected chi connectivity index (χ4v) is 3.40. The van der Waals surface area contributed by atoms with E-state index in [9.17, 15) is 9.59 Å². The summed E-state index contributed by atoms with van der Waals surface area (Å²) in [5, 5.41) is 2.91. The van der Waals surface area contributed by atoms with Crippen molar-refractivity contribution in [3.8, 4) is 17.6 Å². The molecule has 3 aromatic rings. The minimum Gasteiger partial charge on any atom is -0.497 e. The number of nitrogens with one attached hydrogen (secondary N) is 1. The van der Waals surface area contributed by atoms with Crippen molar-refractivity contribution >= 4 is 23.2 Å². The van der Waals surface area contributed by atoms with Crippen molar-refractivity contribution in [1.29, 1.82) is 0 Å². The van der Waals surface area contributed by atoms with Crippen LogP contribution in [-0.4, -0.2) is 30.5 Å². The van der Waals surface area contributed by atoms with Crippen molar-refractivity contribution in [3.05, 3.63) is 84.2 Å². The first-order chi connectivity index (χ1) is 15.1.